The van der Waals surface area contributed by atoms with Crippen LogP contribution in [0.25, 0.3) is 0 Å². The topological polar surface area (TPSA) is 44.1 Å². The summed E-state index contributed by atoms with van der Waals surface area (Å²) in [6.07, 6.45) is 6.63. The van der Waals surface area contributed by atoms with Crippen LogP contribution in [0.4, 0.5) is 0 Å². The molecule has 2 aliphatic rings. The van der Waals surface area contributed by atoms with E-state index in [1.807, 2.05) is 4.90 Å². The van der Waals surface area contributed by atoms with E-state index in [0.29, 0.717) is 6.54 Å². The zero-order valence-corrected chi connectivity index (χ0v) is 12.3. The highest BCUT2D eigenvalue weighted by molar-refractivity contribution is 5.86. The Kier molecular flexibility index (Phi) is 3.71. The predicted molar refractivity (Wildman–Crippen MR) is 75.2 cm³/mol. The van der Waals surface area contributed by atoms with Crippen LogP contribution in [0, 0.1) is 22.2 Å². The van der Waals surface area contributed by atoms with Crippen molar-refractivity contribution in [1.29, 1.82) is 5.26 Å². The molecule has 0 aromatic carbocycles. The monoisotopic (exact) mass is 260 g/mol. The summed E-state index contributed by atoms with van der Waals surface area (Å²) in [5.74, 6) is 0.0664. The van der Waals surface area contributed by atoms with Crippen molar-refractivity contribution in [2.24, 2.45) is 10.8 Å². The molecule has 0 aromatic heterocycles. The summed E-state index contributed by atoms with van der Waals surface area (Å²) in [7, 11) is 0. The van der Waals surface area contributed by atoms with E-state index >= 15 is 0 Å². The third-order valence-electron chi connectivity index (χ3n) is 4.54. The van der Waals surface area contributed by atoms with Crippen LogP contribution in [0.15, 0.2) is 11.6 Å². The molecule has 1 fully saturated rings. The zero-order chi connectivity index (χ0) is 14.1. The summed E-state index contributed by atoms with van der Waals surface area (Å²) in [6, 6.07) is 2.30. The number of hydrogen-bond donors (Lipinski definition) is 0. The highest BCUT2D eigenvalue weighted by Gasteiger charge is 2.44. The summed E-state index contributed by atoms with van der Waals surface area (Å²) in [6.45, 7) is 8.08. The second kappa shape index (κ2) is 5.00. The first kappa shape index (κ1) is 14.1. The third kappa shape index (κ3) is 2.68. The molecule has 0 saturated heterocycles. The van der Waals surface area contributed by atoms with Gasteiger partial charge in [0.2, 0.25) is 5.91 Å². The van der Waals surface area contributed by atoms with Gasteiger partial charge < -0.3 is 4.90 Å². The maximum Gasteiger partial charge on any atom is 0.243 e. The lowest BCUT2D eigenvalue weighted by Gasteiger charge is -2.35. The maximum atomic E-state index is 12.6. The van der Waals surface area contributed by atoms with E-state index in [-0.39, 0.29) is 11.3 Å². The Bertz CT molecular complexity index is 431. The normalized spacial score (nSPS) is 22.8. The minimum atomic E-state index is -0.715. The van der Waals surface area contributed by atoms with Crippen molar-refractivity contribution in [1.82, 2.24) is 4.90 Å². The number of carbonyl (C=O) groups excluding carboxylic acids is 1. The average molecular weight is 260 g/mol. The Labute approximate surface area is 116 Å². The van der Waals surface area contributed by atoms with Gasteiger partial charge in [-0.25, -0.2) is 0 Å². The molecule has 1 aliphatic carbocycles. The molecule has 1 heterocycles. The van der Waals surface area contributed by atoms with Crippen molar-refractivity contribution >= 4 is 5.91 Å². The quantitative estimate of drug-likeness (QED) is 0.679. The Balaban J connectivity index is 2.08. The van der Waals surface area contributed by atoms with Crippen LogP contribution in [0.1, 0.15) is 52.9 Å². The molecule has 104 valence electrons. The Morgan fingerprint density at radius 2 is 2.00 bits per heavy atom. The maximum absolute atomic E-state index is 12.6. The van der Waals surface area contributed by atoms with Crippen molar-refractivity contribution in [3.63, 3.8) is 0 Å². The van der Waals surface area contributed by atoms with E-state index in [9.17, 15) is 10.1 Å². The van der Waals surface area contributed by atoms with Gasteiger partial charge in [-0.1, -0.05) is 45.3 Å². The summed E-state index contributed by atoms with van der Waals surface area (Å²) in [5.41, 5.74) is 0.900. The van der Waals surface area contributed by atoms with Gasteiger partial charge in [-0.15, -0.1) is 0 Å². The summed E-state index contributed by atoms with van der Waals surface area (Å²) in [4.78, 5) is 14.5. The molecule has 0 aromatic rings. The van der Waals surface area contributed by atoms with Crippen molar-refractivity contribution in [3.8, 4) is 6.07 Å². The molecule has 3 nitrogen and oxygen atoms in total. The van der Waals surface area contributed by atoms with Crippen LogP contribution >= 0.6 is 0 Å². The summed E-state index contributed by atoms with van der Waals surface area (Å²) < 4.78 is 0. The van der Waals surface area contributed by atoms with Gasteiger partial charge in [0, 0.05) is 13.1 Å². The minimum Gasteiger partial charge on any atom is -0.337 e. The number of carbonyl (C=O) groups is 1. The molecule has 2 rings (SSSR count). The van der Waals surface area contributed by atoms with Gasteiger partial charge in [0.25, 0.3) is 0 Å². The van der Waals surface area contributed by atoms with E-state index in [2.05, 4.69) is 32.9 Å². The first-order valence-electron chi connectivity index (χ1n) is 7.29. The first-order valence-corrected chi connectivity index (χ1v) is 7.29. The van der Waals surface area contributed by atoms with Crippen LogP contribution in [0.3, 0.4) is 0 Å². The first-order chi connectivity index (χ1) is 8.89. The van der Waals surface area contributed by atoms with Gasteiger partial charge in [0.1, 0.15) is 5.41 Å². The molecule has 0 radical (unpaired) electrons. The van der Waals surface area contributed by atoms with E-state index in [0.717, 1.165) is 38.6 Å². The molecule has 1 amide bonds. The summed E-state index contributed by atoms with van der Waals surface area (Å²) in [5, 5.41) is 9.39. The van der Waals surface area contributed by atoms with Crippen molar-refractivity contribution in [2.75, 3.05) is 13.1 Å². The lowest BCUT2D eigenvalue weighted by atomic mass is 9.81. The minimum absolute atomic E-state index is 0.0664. The summed E-state index contributed by atoms with van der Waals surface area (Å²) >= 11 is 0. The van der Waals surface area contributed by atoms with Crippen LogP contribution in [0.2, 0.25) is 0 Å². The van der Waals surface area contributed by atoms with Crippen LogP contribution < -0.4 is 0 Å². The van der Waals surface area contributed by atoms with Gasteiger partial charge in [-0.2, -0.15) is 5.26 Å². The van der Waals surface area contributed by atoms with E-state index in [1.54, 1.807) is 0 Å². The highest BCUT2D eigenvalue weighted by atomic mass is 16.2. The number of amides is 1. The standard InChI is InChI=1S/C16H24N2O/c1-15(2,3)13-6-10-18(11-7-13)14(19)16(12-17)8-4-5-9-16/h6H,4-5,7-11H2,1-3H3. The SMILES string of the molecule is CC(C)(C)C1=CCN(C(=O)C2(C#N)CCCC2)CC1. The van der Waals surface area contributed by atoms with Gasteiger partial charge in [0.15, 0.2) is 0 Å². The lowest BCUT2D eigenvalue weighted by Crippen LogP contribution is -2.44. The van der Waals surface area contributed by atoms with Crippen LogP contribution in [-0.2, 0) is 4.79 Å². The highest BCUT2D eigenvalue weighted by Crippen LogP contribution is 2.40. The number of nitrogens with zero attached hydrogens (tertiary/aromatic N) is 2. The van der Waals surface area contributed by atoms with E-state index in [1.165, 1.54) is 5.57 Å². The lowest BCUT2D eigenvalue weighted by molar-refractivity contribution is -0.138. The molecule has 3 heteroatoms. The van der Waals surface area contributed by atoms with E-state index < -0.39 is 5.41 Å². The molecule has 0 unspecified atom stereocenters. The fourth-order valence-corrected chi connectivity index (χ4v) is 3.19. The van der Waals surface area contributed by atoms with Crippen LogP contribution in [-0.4, -0.2) is 23.9 Å². The number of nitriles is 1. The number of hydrogen-bond acceptors (Lipinski definition) is 2. The Morgan fingerprint density at radius 3 is 2.42 bits per heavy atom. The van der Waals surface area contributed by atoms with E-state index in [4.69, 9.17) is 0 Å². The molecule has 0 N–H and O–H groups in total. The molecule has 0 spiro atoms. The van der Waals surface area contributed by atoms with Gasteiger partial charge in [0.05, 0.1) is 6.07 Å². The fourth-order valence-electron chi connectivity index (χ4n) is 3.19. The Hall–Kier alpha value is -1.30. The molecular formula is C16H24N2O. The Morgan fingerprint density at radius 1 is 1.37 bits per heavy atom. The molecule has 1 aliphatic heterocycles. The molecule has 19 heavy (non-hydrogen) atoms. The van der Waals surface area contributed by atoms with Crippen molar-refractivity contribution in [2.45, 2.75) is 52.9 Å². The van der Waals surface area contributed by atoms with Gasteiger partial charge in [-0.3, -0.25) is 4.79 Å². The van der Waals surface area contributed by atoms with Gasteiger partial charge >= 0.3 is 0 Å². The largest absolute Gasteiger partial charge is 0.337 e. The zero-order valence-electron chi connectivity index (χ0n) is 12.3. The van der Waals surface area contributed by atoms with Crippen molar-refractivity contribution < 1.29 is 4.79 Å². The molecule has 0 bridgehead atoms. The van der Waals surface area contributed by atoms with Crippen molar-refractivity contribution in [3.05, 3.63) is 11.6 Å². The fraction of sp³-hybridized carbons (Fsp3) is 0.750. The smallest absolute Gasteiger partial charge is 0.243 e. The molecule has 0 atom stereocenters. The molecule has 1 saturated carbocycles. The third-order valence-corrected chi connectivity index (χ3v) is 4.54. The molecular weight excluding hydrogens is 236 g/mol. The van der Waals surface area contributed by atoms with Gasteiger partial charge in [-0.05, 0) is 24.7 Å². The van der Waals surface area contributed by atoms with Crippen LogP contribution in [0.5, 0.6) is 0 Å². The second-order valence-electron chi connectivity index (χ2n) is 6.88. The average Bonchev–Trinajstić information content (AvgIpc) is 2.87. The number of rotatable bonds is 1. The second-order valence-corrected chi connectivity index (χ2v) is 6.88. The predicted octanol–water partition coefficient (Wildman–Crippen LogP) is 3.28.